The number of carbonyl (C=O) groups is 2. The van der Waals surface area contributed by atoms with E-state index < -0.39 is 0 Å². The van der Waals surface area contributed by atoms with Gasteiger partial charge in [-0.15, -0.1) is 0 Å². The lowest BCUT2D eigenvalue weighted by molar-refractivity contribution is -0.120. The third kappa shape index (κ3) is 7.85. The van der Waals surface area contributed by atoms with E-state index in [1.807, 2.05) is 32.9 Å². The molecule has 1 aromatic rings. The number of amides is 2. The minimum absolute atomic E-state index is 0.0883. The van der Waals surface area contributed by atoms with Crippen molar-refractivity contribution < 1.29 is 9.59 Å². The van der Waals surface area contributed by atoms with Crippen LogP contribution in [0, 0.1) is 6.92 Å². The second-order valence-electron chi connectivity index (χ2n) is 9.16. The highest BCUT2D eigenvalue weighted by Crippen LogP contribution is 2.34. The van der Waals surface area contributed by atoms with Crippen LogP contribution in [-0.2, 0) is 4.79 Å². The Morgan fingerprint density at radius 2 is 1.76 bits per heavy atom. The smallest absolute Gasteiger partial charge is 0.251 e. The van der Waals surface area contributed by atoms with Gasteiger partial charge in [-0.25, -0.2) is 0 Å². The maximum absolute atomic E-state index is 13.0. The van der Waals surface area contributed by atoms with Crippen molar-refractivity contribution in [2.75, 3.05) is 32.1 Å². The van der Waals surface area contributed by atoms with Crippen molar-refractivity contribution in [3.8, 4) is 0 Å². The normalized spacial score (nSPS) is 18.8. The molecular formula is C26H41BrN4O2. The standard InChI is InChI=1S/C26H41BrN4O2/c1-7-9-18(3)29-25(32)14-15-28-26(33)23-16-20(27)17-24(19(23)4)31(8-2)22-12-10-21(11-13-22)30(5)6/h9,16-17,21-22H,7-8,10-15H2,1-6H3,(H,28,33)(H,29,32). The van der Waals surface area contributed by atoms with Gasteiger partial charge in [0, 0.05) is 53.0 Å². The molecule has 1 aliphatic carbocycles. The lowest BCUT2D eigenvalue weighted by Gasteiger charge is -2.40. The molecule has 0 radical (unpaired) electrons. The summed E-state index contributed by atoms with van der Waals surface area (Å²) in [4.78, 5) is 29.8. The number of anilines is 1. The zero-order valence-corrected chi connectivity index (χ0v) is 22.7. The van der Waals surface area contributed by atoms with E-state index in [1.54, 1.807) is 0 Å². The topological polar surface area (TPSA) is 64.7 Å². The molecule has 0 heterocycles. The van der Waals surface area contributed by atoms with Crippen molar-refractivity contribution in [2.45, 2.75) is 78.3 Å². The van der Waals surface area contributed by atoms with E-state index in [2.05, 4.69) is 63.4 Å². The van der Waals surface area contributed by atoms with E-state index >= 15 is 0 Å². The summed E-state index contributed by atoms with van der Waals surface area (Å²) in [6.45, 7) is 9.32. The van der Waals surface area contributed by atoms with Crippen molar-refractivity contribution in [3.05, 3.63) is 39.5 Å². The Balaban J connectivity index is 2.07. The third-order valence-electron chi connectivity index (χ3n) is 6.56. The fraction of sp³-hybridized carbons (Fsp3) is 0.615. The fourth-order valence-corrected chi connectivity index (χ4v) is 5.18. The van der Waals surface area contributed by atoms with Gasteiger partial charge in [0.25, 0.3) is 5.91 Å². The highest BCUT2D eigenvalue weighted by molar-refractivity contribution is 9.10. The Labute approximate surface area is 208 Å². The van der Waals surface area contributed by atoms with Gasteiger partial charge in [-0.05, 0) is 84.7 Å². The van der Waals surface area contributed by atoms with Crippen LogP contribution < -0.4 is 15.5 Å². The Bertz CT molecular complexity index is 845. The summed E-state index contributed by atoms with van der Waals surface area (Å²) >= 11 is 3.62. The number of hydrogen-bond donors (Lipinski definition) is 2. The van der Waals surface area contributed by atoms with E-state index in [4.69, 9.17) is 0 Å². The molecule has 0 unspecified atom stereocenters. The molecule has 2 rings (SSSR count). The van der Waals surface area contributed by atoms with E-state index in [0.717, 1.165) is 47.2 Å². The number of rotatable bonds is 10. The predicted octanol–water partition coefficient (Wildman–Crippen LogP) is 5.01. The van der Waals surface area contributed by atoms with Gasteiger partial charge < -0.3 is 20.4 Å². The van der Waals surface area contributed by atoms with Gasteiger partial charge in [-0.1, -0.05) is 28.9 Å². The van der Waals surface area contributed by atoms with Crippen LogP contribution in [0.5, 0.6) is 0 Å². The molecule has 0 aliphatic heterocycles. The van der Waals surface area contributed by atoms with Gasteiger partial charge in [-0.3, -0.25) is 9.59 Å². The first-order valence-corrected chi connectivity index (χ1v) is 12.9. The van der Waals surface area contributed by atoms with Gasteiger partial charge in [0.2, 0.25) is 5.91 Å². The molecular weight excluding hydrogens is 480 g/mol. The van der Waals surface area contributed by atoms with E-state index in [-0.39, 0.29) is 18.2 Å². The highest BCUT2D eigenvalue weighted by atomic mass is 79.9. The number of nitrogens with one attached hydrogen (secondary N) is 2. The molecule has 0 bridgehead atoms. The molecule has 6 nitrogen and oxygen atoms in total. The first-order valence-electron chi connectivity index (χ1n) is 12.2. The molecule has 0 saturated heterocycles. The number of benzene rings is 1. The van der Waals surface area contributed by atoms with E-state index in [0.29, 0.717) is 24.2 Å². The average molecular weight is 522 g/mol. The summed E-state index contributed by atoms with van der Waals surface area (Å²) in [6.07, 6.45) is 7.80. The second-order valence-corrected chi connectivity index (χ2v) is 10.1. The monoisotopic (exact) mass is 520 g/mol. The third-order valence-corrected chi connectivity index (χ3v) is 7.02. The molecule has 0 spiro atoms. The first-order chi connectivity index (χ1) is 15.7. The predicted molar refractivity (Wildman–Crippen MR) is 141 cm³/mol. The second kappa shape index (κ2) is 13.1. The molecule has 1 aromatic carbocycles. The molecule has 33 heavy (non-hydrogen) atoms. The first kappa shape index (κ1) is 27.4. The molecule has 7 heteroatoms. The van der Waals surface area contributed by atoms with Gasteiger partial charge in [0.15, 0.2) is 0 Å². The maximum atomic E-state index is 13.0. The highest BCUT2D eigenvalue weighted by Gasteiger charge is 2.28. The lowest BCUT2D eigenvalue weighted by atomic mass is 9.89. The quantitative estimate of drug-likeness (QED) is 0.455. The SMILES string of the molecule is CCC=C(C)NC(=O)CCNC(=O)c1cc(Br)cc(N(CC)C2CCC(N(C)C)CC2)c1C. The molecule has 0 aromatic heterocycles. The number of halogens is 1. The Morgan fingerprint density at radius 3 is 2.33 bits per heavy atom. The summed E-state index contributed by atoms with van der Waals surface area (Å²) in [5, 5.41) is 5.77. The summed E-state index contributed by atoms with van der Waals surface area (Å²) < 4.78 is 0.895. The van der Waals surface area contributed by atoms with E-state index in [9.17, 15) is 9.59 Å². The molecule has 184 valence electrons. The van der Waals surface area contributed by atoms with Crippen molar-refractivity contribution in [1.82, 2.24) is 15.5 Å². The molecule has 0 atom stereocenters. The largest absolute Gasteiger partial charge is 0.369 e. The van der Waals surface area contributed by atoms with Crippen LogP contribution in [-0.4, -0.2) is 56.0 Å². The maximum Gasteiger partial charge on any atom is 0.251 e. The van der Waals surface area contributed by atoms with Crippen LogP contribution in [0.3, 0.4) is 0 Å². The molecule has 2 N–H and O–H groups in total. The van der Waals surface area contributed by atoms with Crippen LogP contribution in [0.25, 0.3) is 0 Å². The van der Waals surface area contributed by atoms with E-state index in [1.165, 1.54) is 12.8 Å². The minimum Gasteiger partial charge on any atom is -0.369 e. The van der Waals surface area contributed by atoms with Crippen molar-refractivity contribution in [2.24, 2.45) is 0 Å². The minimum atomic E-state index is -0.143. The summed E-state index contributed by atoms with van der Waals surface area (Å²) in [6, 6.07) is 5.14. The van der Waals surface area contributed by atoms with Crippen LogP contribution >= 0.6 is 15.9 Å². The summed E-state index contributed by atoms with van der Waals surface area (Å²) in [5.74, 6) is -0.231. The number of hydrogen-bond acceptors (Lipinski definition) is 4. The van der Waals surface area contributed by atoms with Crippen LogP contribution in [0.4, 0.5) is 5.69 Å². The molecule has 1 fully saturated rings. The van der Waals surface area contributed by atoms with Gasteiger partial charge in [0.1, 0.15) is 0 Å². The number of carbonyl (C=O) groups excluding carboxylic acids is 2. The molecule has 2 amide bonds. The van der Waals surface area contributed by atoms with Crippen molar-refractivity contribution in [1.29, 1.82) is 0 Å². The van der Waals surface area contributed by atoms with Crippen LogP contribution in [0.1, 0.15) is 75.2 Å². The summed E-state index contributed by atoms with van der Waals surface area (Å²) in [5.41, 5.74) is 3.60. The molecule has 1 aliphatic rings. The van der Waals surface area contributed by atoms with Gasteiger partial charge in [0.05, 0.1) is 0 Å². The Kier molecular flexibility index (Phi) is 10.9. The van der Waals surface area contributed by atoms with Crippen molar-refractivity contribution >= 4 is 33.4 Å². The van der Waals surface area contributed by atoms with Crippen molar-refractivity contribution in [3.63, 3.8) is 0 Å². The van der Waals surface area contributed by atoms with Crippen LogP contribution in [0.15, 0.2) is 28.4 Å². The molecule has 1 saturated carbocycles. The number of nitrogens with zero attached hydrogens (tertiary/aromatic N) is 2. The number of allylic oxidation sites excluding steroid dienone is 2. The zero-order valence-electron chi connectivity index (χ0n) is 21.1. The zero-order chi connectivity index (χ0) is 24.5. The average Bonchev–Trinajstić information content (AvgIpc) is 2.76. The Hall–Kier alpha value is -1.86. The van der Waals surface area contributed by atoms with Gasteiger partial charge >= 0.3 is 0 Å². The Morgan fingerprint density at radius 1 is 1.12 bits per heavy atom. The lowest BCUT2D eigenvalue weighted by Crippen LogP contribution is -2.42. The summed E-state index contributed by atoms with van der Waals surface area (Å²) in [7, 11) is 4.33. The van der Waals surface area contributed by atoms with Gasteiger partial charge in [-0.2, -0.15) is 0 Å². The fourth-order valence-electron chi connectivity index (χ4n) is 4.73. The van der Waals surface area contributed by atoms with Crippen LogP contribution in [0.2, 0.25) is 0 Å².